The number of ether oxygens (including phenoxy) is 1. The maximum absolute atomic E-state index is 12.9. The fourth-order valence-electron chi connectivity index (χ4n) is 3.79. The predicted octanol–water partition coefficient (Wildman–Crippen LogP) is 1.00. The zero-order valence-electron chi connectivity index (χ0n) is 12.0. The largest absolute Gasteiger partial charge is 0.381 e. The minimum Gasteiger partial charge on any atom is -0.381 e. The Kier molecular flexibility index (Phi) is 3.95. The van der Waals surface area contributed by atoms with E-state index in [0.717, 1.165) is 26.1 Å². The second kappa shape index (κ2) is 5.71. The molecule has 0 radical (unpaired) electrons. The SMILES string of the molecule is N#CC1(C(=O)N2CCCN3CCCC3C2)CCOCC1. The first-order valence-electron chi connectivity index (χ1n) is 7.78. The first-order chi connectivity index (χ1) is 9.75. The molecule has 3 fully saturated rings. The van der Waals surface area contributed by atoms with Gasteiger partial charge >= 0.3 is 0 Å². The standard InChI is InChI=1S/C15H23N3O2/c16-12-15(4-9-20-10-5-15)14(19)18-8-2-7-17-6-1-3-13(17)11-18/h13H,1-11H2. The highest BCUT2D eigenvalue weighted by molar-refractivity contribution is 5.85. The van der Waals surface area contributed by atoms with E-state index in [1.807, 2.05) is 4.90 Å². The van der Waals surface area contributed by atoms with Crippen molar-refractivity contribution in [3.63, 3.8) is 0 Å². The summed E-state index contributed by atoms with van der Waals surface area (Å²) in [6.45, 7) is 4.94. The van der Waals surface area contributed by atoms with Crippen LogP contribution in [0.5, 0.6) is 0 Å². The lowest BCUT2D eigenvalue weighted by atomic mass is 9.80. The zero-order chi connectivity index (χ0) is 14.0. The van der Waals surface area contributed by atoms with Crippen LogP contribution in [0.4, 0.5) is 0 Å². The van der Waals surface area contributed by atoms with Crippen molar-refractivity contribution in [1.82, 2.24) is 9.80 Å². The van der Waals surface area contributed by atoms with Gasteiger partial charge in [0.2, 0.25) is 5.91 Å². The lowest BCUT2D eigenvalue weighted by Crippen LogP contribution is -2.48. The van der Waals surface area contributed by atoms with Gasteiger partial charge in [0.05, 0.1) is 6.07 Å². The summed E-state index contributed by atoms with van der Waals surface area (Å²) in [5.74, 6) is 0.0528. The molecule has 20 heavy (non-hydrogen) atoms. The molecule has 0 aromatic rings. The molecule has 0 aromatic carbocycles. The Hall–Kier alpha value is -1.12. The maximum atomic E-state index is 12.9. The van der Waals surface area contributed by atoms with E-state index in [9.17, 15) is 10.1 Å². The van der Waals surface area contributed by atoms with Gasteiger partial charge in [0, 0.05) is 38.9 Å². The van der Waals surface area contributed by atoms with Crippen molar-refractivity contribution >= 4 is 5.91 Å². The Morgan fingerprint density at radius 2 is 1.95 bits per heavy atom. The summed E-state index contributed by atoms with van der Waals surface area (Å²) in [7, 11) is 0. The van der Waals surface area contributed by atoms with E-state index in [0.29, 0.717) is 32.1 Å². The first kappa shape index (κ1) is 13.8. The van der Waals surface area contributed by atoms with Crippen LogP contribution in [0.1, 0.15) is 32.1 Å². The minimum atomic E-state index is -0.827. The number of nitrogens with zero attached hydrogens (tertiary/aromatic N) is 3. The molecule has 0 aliphatic carbocycles. The molecule has 0 aromatic heterocycles. The lowest BCUT2D eigenvalue weighted by molar-refractivity contribution is -0.143. The molecular formula is C15H23N3O2. The van der Waals surface area contributed by atoms with Gasteiger partial charge in [0.25, 0.3) is 0 Å². The van der Waals surface area contributed by atoms with E-state index in [2.05, 4.69) is 11.0 Å². The third kappa shape index (κ3) is 2.43. The van der Waals surface area contributed by atoms with Crippen LogP contribution in [-0.2, 0) is 9.53 Å². The molecule has 1 amide bonds. The number of nitriles is 1. The number of amides is 1. The fourth-order valence-corrected chi connectivity index (χ4v) is 3.79. The van der Waals surface area contributed by atoms with E-state index in [1.54, 1.807) is 0 Å². The van der Waals surface area contributed by atoms with Crippen LogP contribution < -0.4 is 0 Å². The van der Waals surface area contributed by atoms with Crippen molar-refractivity contribution in [1.29, 1.82) is 5.26 Å². The van der Waals surface area contributed by atoms with Crippen LogP contribution >= 0.6 is 0 Å². The molecule has 5 heteroatoms. The fraction of sp³-hybridized carbons (Fsp3) is 0.867. The van der Waals surface area contributed by atoms with Gasteiger partial charge in [-0.05, 0) is 38.6 Å². The molecule has 0 N–H and O–H groups in total. The average Bonchev–Trinajstić information content (AvgIpc) is 2.84. The quantitative estimate of drug-likeness (QED) is 0.717. The van der Waals surface area contributed by atoms with Gasteiger partial charge in [-0.3, -0.25) is 9.69 Å². The third-order valence-corrected chi connectivity index (χ3v) is 5.06. The summed E-state index contributed by atoms with van der Waals surface area (Å²) >= 11 is 0. The van der Waals surface area contributed by atoms with Gasteiger partial charge < -0.3 is 9.64 Å². The number of carbonyl (C=O) groups is 1. The Morgan fingerprint density at radius 3 is 2.70 bits per heavy atom. The Labute approximate surface area is 120 Å². The van der Waals surface area contributed by atoms with Crippen LogP contribution in [0.2, 0.25) is 0 Å². The molecule has 0 saturated carbocycles. The topological polar surface area (TPSA) is 56.6 Å². The Morgan fingerprint density at radius 1 is 1.20 bits per heavy atom. The van der Waals surface area contributed by atoms with Crippen LogP contribution in [0, 0.1) is 16.7 Å². The van der Waals surface area contributed by atoms with E-state index in [4.69, 9.17) is 4.74 Å². The lowest BCUT2D eigenvalue weighted by Gasteiger charge is -2.35. The van der Waals surface area contributed by atoms with Gasteiger partial charge in [0.1, 0.15) is 5.41 Å². The number of hydrogen-bond acceptors (Lipinski definition) is 4. The predicted molar refractivity (Wildman–Crippen MR) is 73.9 cm³/mol. The number of fused-ring (bicyclic) bond motifs is 1. The molecular weight excluding hydrogens is 254 g/mol. The molecule has 3 aliphatic heterocycles. The van der Waals surface area contributed by atoms with Crippen LogP contribution in [0.15, 0.2) is 0 Å². The normalized spacial score (nSPS) is 30.4. The molecule has 0 spiro atoms. The maximum Gasteiger partial charge on any atom is 0.243 e. The summed E-state index contributed by atoms with van der Waals surface area (Å²) < 4.78 is 5.33. The number of carbonyl (C=O) groups excluding carboxylic acids is 1. The number of hydrogen-bond donors (Lipinski definition) is 0. The summed E-state index contributed by atoms with van der Waals surface area (Å²) in [5, 5.41) is 9.54. The minimum absolute atomic E-state index is 0.0528. The van der Waals surface area contributed by atoms with E-state index in [1.165, 1.54) is 19.4 Å². The Balaban J connectivity index is 1.73. The monoisotopic (exact) mass is 277 g/mol. The first-order valence-corrected chi connectivity index (χ1v) is 7.78. The average molecular weight is 277 g/mol. The van der Waals surface area contributed by atoms with Gasteiger partial charge in [0.15, 0.2) is 0 Å². The van der Waals surface area contributed by atoms with Crippen molar-refractivity contribution < 1.29 is 9.53 Å². The van der Waals surface area contributed by atoms with Gasteiger partial charge in [-0.2, -0.15) is 5.26 Å². The molecule has 1 unspecified atom stereocenters. The molecule has 3 aliphatic rings. The van der Waals surface area contributed by atoms with Gasteiger partial charge in [-0.1, -0.05) is 0 Å². The van der Waals surface area contributed by atoms with Crippen LogP contribution in [-0.4, -0.2) is 61.1 Å². The second-order valence-electron chi connectivity index (χ2n) is 6.24. The molecule has 0 bridgehead atoms. The molecule has 110 valence electrons. The van der Waals surface area contributed by atoms with E-state index < -0.39 is 5.41 Å². The molecule has 3 rings (SSSR count). The van der Waals surface area contributed by atoms with Crippen molar-refractivity contribution in [3.05, 3.63) is 0 Å². The van der Waals surface area contributed by atoms with Gasteiger partial charge in [-0.15, -0.1) is 0 Å². The highest BCUT2D eigenvalue weighted by Crippen LogP contribution is 2.33. The van der Waals surface area contributed by atoms with E-state index >= 15 is 0 Å². The molecule has 3 saturated heterocycles. The van der Waals surface area contributed by atoms with Crippen molar-refractivity contribution in [2.45, 2.75) is 38.1 Å². The highest BCUT2D eigenvalue weighted by Gasteiger charge is 2.44. The zero-order valence-corrected chi connectivity index (χ0v) is 12.0. The summed E-state index contributed by atoms with van der Waals surface area (Å²) in [6.07, 6.45) is 4.55. The van der Waals surface area contributed by atoms with Crippen LogP contribution in [0.3, 0.4) is 0 Å². The second-order valence-corrected chi connectivity index (χ2v) is 6.24. The summed E-state index contributed by atoms with van der Waals surface area (Å²) in [6, 6.07) is 2.82. The third-order valence-electron chi connectivity index (χ3n) is 5.06. The number of rotatable bonds is 1. The molecule has 5 nitrogen and oxygen atoms in total. The highest BCUT2D eigenvalue weighted by atomic mass is 16.5. The smallest absolute Gasteiger partial charge is 0.243 e. The van der Waals surface area contributed by atoms with E-state index in [-0.39, 0.29) is 5.91 Å². The van der Waals surface area contributed by atoms with Crippen molar-refractivity contribution in [2.75, 3.05) is 39.4 Å². The van der Waals surface area contributed by atoms with Crippen molar-refractivity contribution in [2.24, 2.45) is 5.41 Å². The Bertz CT molecular complexity index is 412. The summed E-state index contributed by atoms with van der Waals surface area (Å²) in [4.78, 5) is 17.3. The van der Waals surface area contributed by atoms with Gasteiger partial charge in [-0.25, -0.2) is 0 Å². The summed E-state index contributed by atoms with van der Waals surface area (Å²) in [5.41, 5.74) is -0.827. The molecule has 1 atom stereocenters. The van der Waals surface area contributed by atoms with Crippen molar-refractivity contribution in [3.8, 4) is 6.07 Å². The van der Waals surface area contributed by atoms with Crippen LogP contribution in [0.25, 0.3) is 0 Å². The molecule has 3 heterocycles.